The monoisotopic (exact) mass is 568 g/mol. The Bertz CT molecular complexity index is 1300. The van der Waals surface area contributed by atoms with Crippen molar-refractivity contribution in [3.8, 4) is 17.0 Å². The highest BCUT2D eigenvalue weighted by Crippen LogP contribution is 2.52. The molecule has 0 unspecified atom stereocenters. The van der Waals surface area contributed by atoms with Crippen LogP contribution in [0.5, 0.6) is 5.88 Å². The van der Waals surface area contributed by atoms with Gasteiger partial charge in [0.1, 0.15) is 12.4 Å². The van der Waals surface area contributed by atoms with Crippen molar-refractivity contribution >= 4 is 11.9 Å². The van der Waals surface area contributed by atoms with Crippen molar-refractivity contribution in [1.29, 1.82) is 0 Å². The first-order chi connectivity index (χ1) is 19.8. The maximum atomic E-state index is 12.8. The molecule has 0 atom stereocenters. The molecule has 1 saturated heterocycles. The summed E-state index contributed by atoms with van der Waals surface area (Å²) in [6.45, 7) is 5.45. The summed E-state index contributed by atoms with van der Waals surface area (Å²) < 4.78 is 49.9. The number of rotatable bonds is 10. The maximum Gasteiger partial charge on any atom is 0.408 e. The summed E-state index contributed by atoms with van der Waals surface area (Å²) >= 11 is 0. The molecule has 1 aromatic heterocycles. The summed E-state index contributed by atoms with van der Waals surface area (Å²) in [6.07, 6.45) is -3.55. The molecule has 41 heavy (non-hydrogen) atoms. The van der Waals surface area contributed by atoms with Gasteiger partial charge in [-0.25, -0.2) is 4.79 Å². The van der Waals surface area contributed by atoms with Crippen LogP contribution in [0, 0.1) is 0 Å². The van der Waals surface area contributed by atoms with E-state index in [1.54, 1.807) is 0 Å². The van der Waals surface area contributed by atoms with Crippen molar-refractivity contribution in [2.75, 3.05) is 50.8 Å². The van der Waals surface area contributed by atoms with Crippen LogP contribution in [0.3, 0.4) is 0 Å². The first kappa shape index (κ1) is 28.7. The number of amides is 1. The Morgan fingerprint density at radius 2 is 1.59 bits per heavy atom. The lowest BCUT2D eigenvalue weighted by Gasteiger charge is -2.36. The topological polar surface area (TPSA) is 66.9 Å². The number of hydrogen-bond donors (Lipinski definition) is 1. The average Bonchev–Trinajstić information content (AvgIpc) is 3.24. The van der Waals surface area contributed by atoms with Crippen LogP contribution in [0.25, 0.3) is 11.1 Å². The number of carbonyl (C=O) groups excluding carboxylic acids is 1. The second-order valence-electron chi connectivity index (χ2n) is 10.3. The van der Waals surface area contributed by atoms with Crippen molar-refractivity contribution < 1.29 is 27.4 Å². The fourth-order valence-corrected chi connectivity index (χ4v) is 5.80. The van der Waals surface area contributed by atoms with Crippen molar-refractivity contribution in [2.45, 2.75) is 38.0 Å². The lowest BCUT2D eigenvalue weighted by atomic mass is 9.86. The molecular formula is C31H35F3N4O3. The van der Waals surface area contributed by atoms with Gasteiger partial charge < -0.3 is 19.7 Å². The molecule has 0 radical (unpaired) electrons. The first-order valence-corrected chi connectivity index (χ1v) is 14.1. The Kier molecular flexibility index (Phi) is 8.68. The third-order valence-electron chi connectivity index (χ3n) is 7.67. The summed E-state index contributed by atoms with van der Waals surface area (Å²) in [5.74, 6) is 1.54. The van der Waals surface area contributed by atoms with E-state index < -0.39 is 24.4 Å². The van der Waals surface area contributed by atoms with E-state index >= 15 is 0 Å². The van der Waals surface area contributed by atoms with E-state index in [0.717, 1.165) is 73.6 Å². The molecule has 0 saturated carbocycles. The van der Waals surface area contributed by atoms with Crippen molar-refractivity contribution in [3.63, 3.8) is 0 Å². The van der Waals surface area contributed by atoms with E-state index in [4.69, 9.17) is 9.47 Å². The number of halogens is 3. The molecule has 218 valence electrons. The van der Waals surface area contributed by atoms with E-state index in [-0.39, 0.29) is 0 Å². The number of piperazine rings is 1. The van der Waals surface area contributed by atoms with Crippen molar-refractivity contribution in [2.24, 2.45) is 0 Å². The highest BCUT2D eigenvalue weighted by molar-refractivity contribution is 5.82. The summed E-state index contributed by atoms with van der Waals surface area (Å²) in [4.78, 5) is 22.0. The number of pyridine rings is 1. The van der Waals surface area contributed by atoms with Crippen LogP contribution in [0.1, 0.15) is 37.3 Å². The third kappa shape index (κ3) is 6.59. The molecule has 2 aliphatic rings. The zero-order valence-electron chi connectivity index (χ0n) is 23.1. The zero-order valence-corrected chi connectivity index (χ0v) is 23.1. The number of unbranched alkanes of at least 4 members (excludes halogenated alkanes) is 1. The molecule has 1 N–H and O–H groups in total. The molecule has 7 nitrogen and oxygen atoms in total. The minimum absolute atomic E-state index is 0.467. The highest BCUT2D eigenvalue weighted by atomic mass is 19.4. The van der Waals surface area contributed by atoms with Crippen LogP contribution in [0.4, 0.5) is 23.8 Å². The van der Waals surface area contributed by atoms with Gasteiger partial charge in [0.25, 0.3) is 0 Å². The number of alkyl carbamates (subject to hydrolysis) is 1. The minimum atomic E-state index is -4.52. The summed E-state index contributed by atoms with van der Waals surface area (Å²) in [5.41, 5.74) is 2.32. The Morgan fingerprint density at radius 3 is 2.22 bits per heavy atom. The standard InChI is InChI=1S/C31H35F3N4O3/c1-2-40-28-15-9-14-27(36-28)38-20-18-37(19-21-38)17-8-7-16-30(41-29(39)35-22-31(32,33)34)25-12-5-3-10-23(25)24-11-4-6-13-26(24)30/h3-6,9-15H,2,7-8,16-22H2,1H3,(H,35,39). The van der Waals surface area contributed by atoms with Crippen LogP contribution in [-0.4, -0.2) is 68.0 Å². The Hall–Kier alpha value is -3.79. The number of ether oxygens (including phenoxy) is 2. The lowest BCUT2D eigenvalue weighted by molar-refractivity contribution is -0.124. The number of carbonyl (C=O) groups is 1. The molecule has 0 spiro atoms. The molecule has 2 aromatic carbocycles. The number of nitrogens with zero attached hydrogens (tertiary/aromatic N) is 3. The molecule has 0 bridgehead atoms. The molecule has 1 aliphatic carbocycles. The second-order valence-corrected chi connectivity index (χ2v) is 10.3. The van der Waals surface area contributed by atoms with E-state index in [9.17, 15) is 18.0 Å². The molecule has 1 fully saturated rings. The number of anilines is 1. The summed E-state index contributed by atoms with van der Waals surface area (Å²) in [5, 5.41) is 1.89. The molecule has 1 aliphatic heterocycles. The smallest absolute Gasteiger partial charge is 0.408 e. The van der Waals surface area contributed by atoms with Gasteiger partial charge in [-0.05, 0) is 49.9 Å². The maximum absolute atomic E-state index is 12.8. The normalized spacial score (nSPS) is 16.1. The van der Waals surface area contributed by atoms with Crippen LogP contribution < -0.4 is 15.0 Å². The molecule has 1 amide bonds. The van der Waals surface area contributed by atoms with E-state index in [1.165, 1.54) is 0 Å². The number of benzene rings is 2. The van der Waals surface area contributed by atoms with Gasteiger partial charge in [0.2, 0.25) is 5.88 Å². The van der Waals surface area contributed by atoms with Gasteiger partial charge in [0.15, 0.2) is 5.60 Å². The molecular weight excluding hydrogens is 533 g/mol. The van der Waals surface area contributed by atoms with Gasteiger partial charge >= 0.3 is 12.3 Å². The van der Waals surface area contributed by atoms with Gasteiger partial charge in [-0.1, -0.05) is 54.6 Å². The van der Waals surface area contributed by atoms with Gasteiger partial charge in [-0.3, -0.25) is 4.90 Å². The van der Waals surface area contributed by atoms with E-state index in [2.05, 4.69) is 14.8 Å². The SMILES string of the molecule is CCOc1cccc(N2CCN(CCCCC3(OC(=O)NCC(F)(F)F)c4ccccc4-c4ccccc43)CC2)n1. The summed E-state index contributed by atoms with van der Waals surface area (Å²) in [6, 6.07) is 21.1. The van der Waals surface area contributed by atoms with Crippen molar-refractivity contribution in [3.05, 3.63) is 77.9 Å². The predicted octanol–water partition coefficient (Wildman–Crippen LogP) is 5.99. The number of hydrogen-bond acceptors (Lipinski definition) is 6. The third-order valence-corrected chi connectivity index (χ3v) is 7.67. The Labute approximate surface area is 238 Å². The Morgan fingerprint density at radius 1 is 0.927 bits per heavy atom. The number of aromatic nitrogens is 1. The van der Waals surface area contributed by atoms with Crippen LogP contribution >= 0.6 is 0 Å². The Balaban J connectivity index is 1.23. The molecule has 10 heteroatoms. The van der Waals surface area contributed by atoms with Gasteiger partial charge in [-0.15, -0.1) is 0 Å². The minimum Gasteiger partial charge on any atom is -0.478 e. The average molecular weight is 569 g/mol. The fourth-order valence-electron chi connectivity index (χ4n) is 5.80. The zero-order chi connectivity index (χ0) is 28.9. The second kappa shape index (κ2) is 12.4. The molecule has 2 heterocycles. The summed E-state index contributed by atoms with van der Waals surface area (Å²) in [7, 11) is 0. The van der Waals surface area contributed by atoms with E-state index in [1.807, 2.05) is 79.0 Å². The van der Waals surface area contributed by atoms with Crippen LogP contribution in [-0.2, 0) is 10.3 Å². The largest absolute Gasteiger partial charge is 0.478 e. The quantitative estimate of drug-likeness (QED) is 0.304. The lowest BCUT2D eigenvalue weighted by Crippen LogP contribution is -2.47. The highest BCUT2D eigenvalue weighted by Gasteiger charge is 2.46. The van der Waals surface area contributed by atoms with Crippen LogP contribution in [0.15, 0.2) is 66.7 Å². The molecule has 5 rings (SSSR count). The number of fused-ring (bicyclic) bond motifs is 3. The fraction of sp³-hybridized carbons (Fsp3) is 0.419. The van der Waals surface area contributed by atoms with Gasteiger partial charge in [0.05, 0.1) is 6.61 Å². The predicted molar refractivity (Wildman–Crippen MR) is 151 cm³/mol. The van der Waals surface area contributed by atoms with Crippen LogP contribution in [0.2, 0.25) is 0 Å². The number of nitrogens with one attached hydrogen (secondary N) is 1. The van der Waals surface area contributed by atoms with E-state index in [0.29, 0.717) is 18.9 Å². The van der Waals surface area contributed by atoms with Gasteiger partial charge in [-0.2, -0.15) is 18.2 Å². The number of alkyl halides is 3. The first-order valence-electron chi connectivity index (χ1n) is 14.1. The van der Waals surface area contributed by atoms with Gasteiger partial charge in [0, 0.05) is 43.4 Å². The van der Waals surface area contributed by atoms with Crippen molar-refractivity contribution in [1.82, 2.24) is 15.2 Å². The molecule has 3 aromatic rings.